The van der Waals surface area contributed by atoms with Crippen molar-refractivity contribution in [1.29, 1.82) is 0 Å². The van der Waals surface area contributed by atoms with Gasteiger partial charge in [-0.3, -0.25) is 4.90 Å². The second-order valence-electron chi connectivity index (χ2n) is 5.10. The van der Waals surface area contributed by atoms with Gasteiger partial charge in [-0.15, -0.1) is 0 Å². The van der Waals surface area contributed by atoms with Crippen molar-refractivity contribution in [3.63, 3.8) is 0 Å². The molecule has 1 aromatic carbocycles. The predicted octanol–water partition coefficient (Wildman–Crippen LogP) is 2.45. The molecule has 2 rings (SSSR count). The van der Waals surface area contributed by atoms with Crippen LogP contribution in [0.4, 0.5) is 0 Å². The van der Waals surface area contributed by atoms with E-state index < -0.39 is 0 Å². The Morgan fingerprint density at radius 2 is 2.06 bits per heavy atom. The molecule has 3 nitrogen and oxygen atoms in total. The number of benzene rings is 1. The summed E-state index contributed by atoms with van der Waals surface area (Å²) in [4.78, 5) is 2.49. The molecule has 1 atom stereocenters. The maximum Gasteiger partial charge on any atom is 0.123 e. The highest BCUT2D eigenvalue weighted by molar-refractivity contribution is 5.41. The molecule has 0 unspecified atom stereocenters. The molecule has 18 heavy (non-hydrogen) atoms. The first-order chi connectivity index (χ1) is 8.74. The fraction of sp³-hybridized carbons (Fsp3) is 0.600. The molecule has 0 spiro atoms. The third-order valence-electron chi connectivity index (χ3n) is 3.78. The summed E-state index contributed by atoms with van der Waals surface area (Å²) >= 11 is 0. The van der Waals surface area contributed by atoms with Crippen molar-refractivity contribution in [3.05, 3.63) is 29.3 Å². The monoisotopic (exact) mass is 248 g/mol. The number of aryl methyl sites for hydroxylation is 1. The van der Waals surface area contributed by atoms with Gasteiger partial charge in [-0.25, -0.2) is 0 Å². The molecule has 1 fully saturated rings. The van der Waals surface area contributed by atoms with Crippen molar-refractivity contribution in [2.45, 2.75) is 32.7 Å². The first-order valence-electron chi connectivity index (χ1n) is 6.97. The van der Waals surface area contributed by atoms with E-state index in [0.717, 1.165) is 50.1 Å². The Bertz CT molecular complexity index is 386. The molecule has 2 N–H and O–H groups in total. The largest absolute Gasteiger partial charge is 0.507 e. The van der Waals surface area contributed by atoms with Gasteiger partial charge >= 0.3 is 0 Å². The summed E-state index contributed by atoms with van der Waals surface area (Å²) in [5.74, 6) is 0.481. The van der Waals surface area contributed by atoms with Crippen LogP contribution >= 0.6 is 0 Å². The van der Waals surface area contributed by atoms with Crippen LogP contribution in [0.2, 0.25) is 0 Å². The van der Waals surface area contributed by atoms with Crippen molar-refractivity contribution in [2.75, 3.05) is 26.2 Å². The number of piperazine rings is 1. The standard InChI is InChI=1S/C15H24N2O/c1-3-5-14(17-10-8-16-9-11-17)13-7-4-6-12(2)15(13)18/h4,6-7,14,16,18H,3,5,8-11H2,1-2H3/t14-/m1/s1. The van der Waals surface area contributed by atoms with Crippen LogP contribution in [0, 0.1) is 6.92 Å². The van der Waals surface area contributed by atoms with Gasteiger partial charge in [-0.1, -0.05) is 31.5 Å². The highest BCUT2D eigenvalue weighted by Crippen LogP contribution is 2.34. The second-order valence-corrected chi connectivity index (χ2v) is 5.10. The molecule has 1 aliphatic rings. The van der Waals surface area contributed by atoms with Gasteiger partial charge in [0.05, 0.1) is 0 Å². The normalized spacial score (nSPS) is 18.8. The van der Waals surface area contributed by atoms with Gasteiger partial charge in [-0.05, 0) is 18.9 Å². The summed E-state index contributed by atoms with van der Waals surface area (Å²) < 4.78 is 0. The Labute approximate surface area is 110 Å². The summed E-state index contributed by atoms with van der Waals surface area (Å²) in [5.41, 5.74) is 2.07. The Balaban J connectivity index is 2.25. The van der Waals surface area contributed by atoms with Gasteiger partial charge in [0, 0.05) is 37.8 Å². The number of aromatic hydroxyl groups is 1. The van der Waals surface area contributed by atoms with E-state index in [4.69, 9.17) is 0 Å². The lowest BCUT2D eigenvalue weighted by molar-refractivity contribution is 0.162. The Kier molecular flexibility index (Phi) is 4.61. The predicted molar refractivity (Wildman–Crippen MR) is 74.9 cm³/mol. The Morgan fingerprint density at radius 1 is 1.33 bits per heavy atom. The molecule has 0 radical (unpaired) electrons. The molecule has 0 saturated carbocycles. The van der Waals surface area contributed by atoms with Gasteiger partial charge in [0.2, 0.25) is 0 Å². The van der Waals surface area contributed by atoms with Crippen molar-refractivity contribution >= 4 is 0 Å². The van der Waals surface area contributed by atoms with Gasteiger partial charge < -0.3 is 10.4 Å². The van der Waals surface area contributed by atoms with Crippen molar-refractivity contribution in [2.24, 2.45) is 0 Å². The lowest BCUT2D eigenvalue weighted by Crippen LogP contribution is -2.45. The van der Waals surface area contributed by atoms with Crippen molar-refractivity contribution in [1.82, 2.24) is 10.2 Å². The number of nitrogens with zero attached hydrogens (tertiary/aromatic N) is 1. The number of phenols is 1. The quantitative estimate of drug-likeness (QED) is 0.859. The summed E-state index contributed by atoms with van der Waals surface area (Å²) in [6.45, 7) is 8.41. The van der Waals surface area contributed by atoms with Crippen LogP contribution in [0.15, 0.2) is 18.2 Å². The highest BCUT2D eigenvalue weighted by Gasteiger charge is 2.23. The molecule has 1 heterocycles. The summed E-state index contributed by atoms with van der Waals surface area (Å²) in [6, 6.07) is 6.46. The van der Waals surface area contributed by atoms with Crippen LogP contribution < -0.4 is 5.32 Å². The molecule has 0 aliphatic carbocycles. The minimum absolute atomic E-state index is 0.358. The number of nitrogens with one attached hydrogen (secondary N) is 1. The van der Waals surface area contributed by atoms with E-state index in [2.05, 4.69) is 29.3 Å². The molecule has 1 saturated heterocycles. The van der Waals surface area contributed by atoms with Crippen LogP contribution in [0.5, 0.6) is 5.75 Å². The van der Waals surface area contributed by atoms with E-state index in [-0.39, 0.29) is 0 Å². The van der Waals surface area contributed by atoms with E-state index >= 15 is 0 Å². The Morgan fingerprint density at radius 3 is 2.72 bits per heavy atom. The molecule has 3 heteroatoms. The lowest BCUT2D eigenvalue weighted by atomic mass is 9.97. The first kappa shape index (κ1) is 13.4. The van der Waals surface area contributed by atoms with E-state index in [9.17, 15) is 5.11 Å². The minimum Gasteiger partial charge on any atom is -0.507 e. The topological polar surface area (TPSA) is 35.5 Å². The van der Waals surface area contributed by atoms with Crippen LogP contribution in [0.1, 0.15) is 36.9 Å². The van der Waals surface area contributed by atoms with Crippen molar-refractivity contribution < 1.29 is 5.11 Å². The maximum absolute atomic E-state index is 10.3. The summed E-state index contributed by atoms with van der Waals surface area (Å²) in [5, 5.41) is 13.7. The molecular formula is C15H24N2O. The zero-order chi connectivity index (χ0) is 13.0. The molecule has 100 valence electrons. The molecule has 0 aromatic heterocycles. The molecule has 1 aromatic rings. The average Bonchev–Trinajstić information content (AvgIpc) is 2.41. The van der Waals surface area contributed by atoms with Gasteiger partial charge in [0.25, 0.3) is 0 Å². The van der Waals surface area contributed by atoms with Gasteiger partial charge in [0.15, 0.2) is 0 Å². The van der Waals surface area contributed by atoms with E-state index in [0.29, 0.717) is 11.8 Å². The molecule has 1 aliphatic heterocycles. The molecule has 0 amide bonds. The SMILES string of the molecule is CCC[C@H](c1cccc(C)c1O)N1CCNCC1. The number of hydrogen-bond acceptors (Lipinski definition) is 3. The molecule has 0 bridgehead atoms. The maximum atomic E-state index is 10.3. The third-order valence-corrected chi connectivity index (χ3v) is 3.78. The average molecular weight is 248 g/mol. The van der Waals surface area contributed by atoms with Crippen LogP contribution in [0.3, 0.4) is 0 Å². The highest BCUT2D eigenvalue weighted by atomic mass is 16.3. The number of para-hydroxylation sites is 1. The zero-order valence-electron chi connectivity index (χ0n) is 11.4. The zero-order valence-corrected chi connectivity index (χ0v) is 11.4. The fourth-order valence-corrected chi connectivity index (χ4v) is 2.75. The number of phenolic OH excluding ortho intramolecular Hbond substituents is 1. The van der Waals surface area contributed by atoms with Crippen LogP contribution in [-0.2, 0) is 0 Å². The minimum atomic E-state index is 0.358. The fourth-order valence-electron chi connectivity index (χ4n) is 2.75. The number of hydrogen-bond donors (Lipinski definition) is 2. The number of rotatable bonds is 4. The Hall–Kier alpha value is -1.06. The van der Waals surface area contributed by atoms with Crippen LogP contribution in [0.25, 0.3) is 0 Å². The summed E-state index contributed by atoms with van der Waals surface area (Å²) in [6.07, 6.45) is 2.25. The van der Waals surface area contributed by atoms with E-state index in [1.807, 2.05) is 13.0 Å². The third kappa shape index (κ3) is 2.85. The lowest BCUT2D eigenvalue weighted by Gasteiger charge is -2.35. The summed E-state index contributed by atoms with van der Waals surface area (Å²) in [7, 11) is 0. The van der Waals surface area contributed by atoms with Gasteiger partial charge in [0.1, 0.15) is 5.75 Å². The van der Waals surface area contributed by atoms with E-state index in [1.54, 1.807) is 0 Å². The van der Waals surface area contributed by atoms with Crippen molar-refractivity contribution in [3.8, 4) is 5.75 Å². The van der Waals surface area contributed by atoms with Gasteiger partial charge in [-0.2, -0.15) is 0 Å². The second kappa shape index (κ2) is 6.21. The molecular weight excluding hydrogens is 224 g/mol. The smallest absolute Gasteiger partial charge is 0.123 e. The van der Waals surface area contributed by atoms with E-state index in [1.165, 1.54) is 0 Å². The van der Waals surface area contributed by atoms with Crippen LogP contribution in [-0.4, -0.2) is 36.2 Å². The first-order valence-corrected chi connectivity index (χ1v) is 6.97.